The molecule has 0 aliphatic carbocycles. The molecular formula is C25H27N3O5. The zero-order chi connectivity index (χ0) is 23.4. The molecule has 0 atom stereocenters. The van der Waals surface area contributed by atoms with Gasteiger partial charge in [0, 0.05) is 19.1 Å². The van der Waals surface area contributed by atoms with Crippen LogP contribution in [0.5, 0.6) is 5.75 Å². The summed E-state index contributed by atoms with van der Waals surface area (Å²) in [7, 11) is 0. The van der Waals surface area contributed by atoms with E-state index in [1.165, 1.54) is 0 Å². The van der Waals surface area contributed by atoms with Crippen LogP contribution in [-0.2, 0) is 16.0 Å². The second-order valence-corrected chi connectivity index (χ2v) is 8.22. The SMILES string of the molecule is CCOc1ccc(CC(=O)NC2CCN(C(=O)CN3C(=O)c4ccccc4C3=O)CC2)cc1. The molecule has 2 aliphatic rings. The normalized spacial score (nSPS) is 16.0. The highest BCUT2D eigenvalue weighted by Crippen LogP contribution is 2.23. The van der Waals surface area contributed by atoms with Gasteiger partial charge in [0.05, 0.1) is 24.2 Å². The number of likely N-dealkylation sites (tertiary alicyclic amines) is 1. The van der Waals surface area contributed by atoms with Crippen molar-refractivity contribution in [3.63, 3.8) is 0 Å². The minimum absolute atomic E-state index is 0.0106. The number of hydrogen-bond donors (Lipinski definition) is 1. The summed E-state index contributed by atoms with van der Waals surface area (Å²) in [5.41, 5.74) is 1.58. The van der Waals surface area contributed by atoms with Gasteiger partial charge in [0.25, 0.3) is 11.8 Å². The van der Waals surface area contributed by atoms with E-state index in [0.29, 0.717) is 43.7 Å². The van der Waals surface area contributed by atoms with E-state index >= 15 is 0 Å². The Morgan fingerprint density at radius 1 is 0.970 bits per heavy atom. The van der Waals surface area contributed by atoms with Crippen molar-refractivity contribution in [1.82, 2.24) is 15.1 Å². The molecule has 0 spiro atoms. The molecule has 2 heterocycles. The van der Waals surface area contributed by atoms with Gasteiger partial charge in [-0.25, -0.2) is 0 Å². The Labute approximate surface area is 192 Å². The maximum Gasteiger partial charge on any atom is 0.262 e. The van der Waals surface area contributed by atoms with Crippen LogP contribution in [0.25, 0.3) is 0 Å². The number of carbonyl (C=O) groups excluding carboxylic acids is 4. The second-order valence-electron chi connectivity index (χ2n) is 8.22. The molecule has 2 aromatic carbocycles. The average molecular weight is 450 g/mol. The monoisotopic (exact) mass is 449 g/mol. The third kappa shape index (κ3) is 5.05. The van der Waals surface area contributed by atoms with Crippen LogP contribution in [0.15, 0.2) is 48.5 Å². The van der Waals surface area contributed by atoms with E-state index in [2.05, 4.69) is 5.32 Å². The number of nitrogens with one attached hydrogen (secondary N) is 1. The van der Waals surface area contributed by atoms with Gasteiger partial charge < -0.3 is 15.0 Å². The van der Waals surface area contributed by atoms with Gasteiger partial charge in [0.1, 0.15) is 12.3 Å². The van der Waals surface area contributed by atoms with Crippen LogP contribution in [0, 0.1) is 0 Å². The highest BCUT2D eigenvalue weighted by molar-refractivity contribution is 6.22. The molecule has 2 aromatic rings. The standard InChI is InChI=1S/C25H27N3O5/c1-2-33-19-9-7-17(8-10-19)15-22(29)26-18-11-13-27(14-12-18)23(30)16-28-24(31)20-5-3-4-6-21(20)25(28)32/h3-10,18H,2,11-16H2,1H3,(H,26,29). The Bertz CT molecular complexity index is 1020. The van der Waals surface area contributed by atoms with E-state index in [9.17, 15) is 19.2 Å². The maximum atomic E-state index is 12.7. The van der Waals surface area contributed by atoms with Crippen LogP contribution >= 0.6 is 0 Å². The number of rotatable bonds is 7. The topological polar surface area (TPSA) is 96.0 Å². The highest BCUT2D eigenvalue weighted by atomic mass is 16.5. The smallest absolute Gasteiger partial charge is 0.262 e. The van der Waals surface area contributed by atoms with Gasteiger partial charge in [-0.3, -0.25) is 24.1 Å². The molecule has 2 aliphatic heterocycles. The van der Waals surface area contributed by atoms with Gasteiger partial charge in [-0.15, -0.1) is 0 Å². The Morgan fingerprint density at radius 2 is 1.58 bits per heavy atom. The van der Waals surface area contributed by atoms with Crippen LogP contribution in [0.2, 0.25) is 0 Å². The summed E-state index contributed by atoms with van der Waals surface area (Å²) >= 11 is 0. The first-order chi connectivity index (χ1) is 16.0. The molecule has 33 heavy (non-hydrogen) atoms. The molecule has 0 unspecified atom stereocenters. The lowest BCUT2D eigenvalue weighted by molar-refractivity contribution is -0.132. The number of nitrogens with zero attached hydrogens (tertiary/aromatic N) is 2. The minimum atomic E-state index is -0.430. The molecule has 0 radical (unpaired) electrons. The predicted octanol–water partition coefficient (Wildman–Crippen LogP) is 2.03. The molecule has 1 saturated heterocycles. The van der Waals surface area contributed by atoms with E-state index in [0.717, 1.165) is 16.2 Å². The van der Waals surface area contributed by atoms with Crippen LogP contribution in [-0.4, -0.2) is 65.7 Å². The molecule has 8 heteroatoms. The van der Waals surface area contributed by atoms with Crippen LogP contribution in [0.1, 0.15) is 46.0 Å². The second kappa shape index (κ2) is 9.85. The van der Waals surface area contributed by atoms with E-state index in [1.54, 1.807) is 29.2 Å². The molecule has 4 amide bonds. The first kappa shape index (κ1) is 22.5. The van der Waals surface area contributed by atoms with Crippen molar-refractivity contribution < 1.29 is 23.9 Å². The van der Waals surface area contributed by atoms with Crippen molar-refractivity contribution in [3.05, 3.63) is 65.2 Å². The zero-order valence-corrected chi connectivity index (χ0v) is 18.6. The zero-order valence-electron chi connectivity index (χ0n) is 18.6. The van der Waals surface area contributed by atoms with Crippen molar-refractivity contribution in [1.29, 1.82) is 0 Å². The molecule has 1 N–H and O–H groups in total. The van der Waals surface area contributed by atoms with E-state index in [1.807, 2.05) is 31.2 Å². The number of piperidine rings is 1. The Hall–Kier alpha value is -3.68. The van der Waals surface area contributed by atoms with Crippen molar-refractivity contribution in [3.8, 4) is 5.75 Å². The quantitative estimate of drug-likeness (QED) is 0.653. The van der Waals surface area contributed by atoms with Gasteiger partial charge in [-0.1, -0.05) is 24.3 Å². The summed E-state index contributed by atoms with van der Waals surface area (Å²) in [6, 6.07) is 14.0. The summed E-state index contributed by atoms with van der Waals surface area (Å²) in [6.07, 6.45) is 1.54. The third-order valence-electron chi connectivity index (χ3n) is 5.98. The lowest BCUT2D eigenvalue weighted by Crippen LogP contribution is -2.49. The first-order valence-corrected chi connectivity index (χ1v) is 11.2. The Morgan fingerprint density at radius 3 is 2.15 bits per heavy atom. The number of hydrogen-bond acceptors (Lipinski definition) is 5. The molecule has 8 nitrogen and oxygen atoms in total. The fourth-order valence-electron chi connectivity index (χ4n) is 4.23. The number of imide groups is 1. The highest BCUT2D eigenvalue weighted by Gasteiger charge is 2.37. The molecule has 4 rings (SSSR count). The van der Waals surface area contributed by atoms with E-state index < -0.39 is 11.8 Å². The van der Waals surface area contributed by atoms with Crippen molar-refractivity contribution in [2.75, 3.05) is 26.2 Å². The summed E-state index contributed by atoms with van der Waals surface area (Å²) in [5.74, 6) is -0.403. The number of ether oxygens (including phenoxy) is 1. The minimum Gasteiger partial charge on any atom is -0.494 e. The van der Waals surface area contributed by atoms with Gasteiger partial charge in [-0.2, -0.15) is 0 Å². The lowest BCUT2D eigenvalue weighted by Gasteiger charge is -2.33. The third-order valence-corrected chi connectivity index (χ3v) is 5.98. The number of amides is 4. The molecule has 172 valence electrons. The summed E-state index contributed by atoms with van der Waals surface area (Å²) < 4.78 is 5.41. The van der Waals surface area contributed by atoms with Crippen molar-refractivity contribution >= 4 is 23.6 Å². The van der Waals surface area contributed by atoms with Gasteiger partial charge >= 0.3 is 0 Å². The first-order valence-electron chi connectivity index (χ1n) is 11.2. The molecule has 0 aromatic heterocycles. The Kier molecular flexibility index (Phi) is 6.72. The molecule has 1 fully saturated rings. The van der Waals surface area contributed by atoms with Crippen molar-refractivity contribution in [2.24, 2.45) is 0 Å². The number of fused-ring (bicyclic) bond motifs is 1. The van der Waals surface area contributed by atoms with Gasteiger partial charge in [-0.05, 0) is 49.6 Å². The van der Waals surface area contributed by atoms with E-state index in [-0.39, 0.29) is 30.8 Å². The summed E-state index contributed by atoms with van der Waals surface area (Å²) in [6.45, 7) is 3.19. The summed E-state index contributed by atoms with van der Waals surface area (Å²) in [4.78, 5) is 52.8. The van der Waals surface area contributed by atoms with Crippen LogP contribution in [0.4, 0.5) is 0 Å². The average Bonchev–Trinajstić information content (AvgIpc) is 3.06. The largest absolute Gasteiger partial charge is 0.494 e. The molecule has 0 saturated carbocycles. The van der Waals surface area contributed by atoms with Crippen LogP contribution < -0.4 is 10.1 Å². The Balaban J connectivity index is 1.23. The lowest BCUT2D eigenvalue weighted by atomic mass is 10.0. The molecule has 0 bridgehead atoms. The van der Waals surface area contributed by atoms with Gasteiger partial charge in [0.2, 0.25) is 11.8 Å². The van der Waals surface area contributed by atoms with Crippen molar-refractivity contribution in [2.45, 2.75) is 32.2 Å². The van der Waals surface area contributed by atoms with Crippen LogP contribution in [0.3, 0.4) is 0 Å². The van der Waals surface area contributed by atoms with Gasteiger partial charge in [0.15, 0.2) is 0 Å². The fourth-order valence-corrected chi connectivity index (χ4v) is 4.23. The number of carbonyl (C=O) groups is 4. The summed E-state index contributed by atoms with van der Waals surface area (Å²) in [5, 5.41) is 3.04. The molecular weight excluding hydrogens is 422 g/mol. The predicted molar refractivity (Wildman–Crippen MR) is 121 cm³/mol. The fraction of sp³-hybridized carbons (Fsp3) is 0.360. The number of benzene rings is 2. The maximum absolute atomic E-state index is 12.7. The van der Waals surface area contributed by atoms with E-state index in [4.69, 9.17) is 4.74 Å².